The first kappa shape index (κ1) is 19.0. The van der Waals surface area contributed by atoms with Gasteiger partial charge in [0.1, 0.15) is 5.69 Å². The summed E-state index contributed by atoms with van der Waals surface area (Å²) in [5.74, 6) is 1.15. The molecule has 2 aromatic heterocycles. The topological polar surface area (TPSA) is 71.0 Å². The van der Waals surface area contributed by atoms with E-state index in [0.717, 1.165) is 27.8 Å². The number of thiazole rings is 1. The molecule has 6 nitrogen and oxygen atoms in total. The smallest absolute Gasteiger partial charge is 0.274 e. The van der Waals surface area contributed by atoms with E-state index in [-0.39, 0.29) is 11.9 Å². The number of fused-ring (bicyclic) bond motifs is 1. The van der Waals surface area contributed by atoms with Gasteiger partial charge in [-0.1, -0.05) is 23.7 Å². The zero-order valence-corrected chi connectivity index (χ0v) is 18.4. The van der Waals surface area contributed by atoms with Crippen LogP contribution in [0.15, 0.2) is 46.6 Å². The normalized spacial score (nSPS) is 22.4. The number of halogens is 2. The molecule has 3 heterocycles. The Bertz CT molecular complexity index is 1060. The van der Waals surface area contributed by atoms with Crippen LogP contribution in [0.2, 0.25) is 5.02 Å². The number of hydrogen-bond acceptors (Lipinski definition) is 6. The summed E-state index contributed by atoms with van der Waals surface area (Å²) in [4.78, 5) is 29.3. The fourth-order valence-electron chi connectivity index (χ4n) is 4.03. The number of benzene rings is 1. The summed E-state index contributed by atoms with van der Waals surface area (Å²) in [5.41, 5.74) is 3.16. The third kappa shape index (κ3) is 3.76. The molecule has 0 unspecified atom stereocenters. The molecule has 1 aliphatic carbocycles. The monoisotopic (exact) mass is 489 g/mol. The summed E-state index contributed by atoms with van der Waals surface area (Å²) in [6.45, 7) is 0.622. The molecule has 29 heavy (non-hydrogen) atoms. The van der Waals surface area contributed by atoms with E-state index in [1.165, 1.54) is 11.3 Å². The van der Waals surface area contributed by atoms with Gasteiger partial charge in [0.05, 0.1) is 20.9 Å². The van der Waals surface area contributed by atoms with Crippen LogP contribution < -0.4 is 5.32 Å². The number of nitrogens with zero attached hydrogens (tertiary/aromatic N) is 4. The third-order valence-electron chi connectivity index (χ3n) is 5.42. The number of carbonyl (C=O) groups is 1. The van der Waals surface area contributed by atoms with Crippen LogP contribution in [0.5, 0.6) is 0 Å². The van der Waals surface area contributed by atoms with Crippen LogP contribution >= 0.6 is 38.9 Å². The van der Waals surface area contributed by atoms with E-state index in [1.54, 1.807) is 17.9 Å². The minimum Gasteiger partial charge on any atom is -0.352 e. The highest BCUT2D eigenvalue weighted by molar-refractivity contribution is 9.10. The van der Waals surface area contributed by atoms with Crippen molar-refractivity contribution >= 4 is 50.7 Å². The first-order valence-corrected chi connectivity index (χ1v) is 11.4. The van der Waals surface area contributed by atoms with E-state index in [4.69, 9.17) is 11.6 Å². The Morgan fingerprint density at radius 2 is 2.10 bits per heavy atom. The van der Waals surface area contributed by atoms with E-state index < -0.39 is 0 Å². The van der Waals surface area contributed by atoms with Crippen molar-refractivity contribution in [3.05, 3.63) is 57.4 Å². The predicted molar refractivity (Wildman–Crippen MR) is 117 cm³/mol. The molecule has 1 saturated carbocycles. The Balaban J connectivity index is 1.36. The maximum absolute atomic E-state index is 13.5. The van der Waals surface area contributed by atoms with Gasteiger partial charge in [-0.3, -0.25) is 4.79 Å². The van der Waals surface area contributed by atoms with Gasteiger partial charge in [0, 0.05) is 30.0 Å². The van der Waals surface area contributed by atoms with Gasteiger partial charge in [0.2, 0.25) is 5.95 Å². The maximum atomic E-state index is 13.5. The van der Waals surface area contributed by atoms with Crippen LogP contribution in [0.25, 0.3) is 10.4 Å². The number of piperidine rings is 1. The third-order valence-corrected chi connectivity index (χ3v) is 6.94. The summed E-state index contributed by atoms with van der Waals surface area (Å²) in [5, 5.41) is 3.91. The lowest BCUT2D eigenvalue weighted by Crippen LogP contribution is -2.42. The fourth-order valence-corrected chi connectivity index (χ4v) is 5.20. The zero-order valence-electron chi connectivity index (χ0n) is 15.3. The van der Waals surface area contributed by atoms with Gasteiger partial charge < -0.3 is 10.2 Å². The van der Waals surface area contributed by atoms with Crippen LogP contribution in [0.4, 0.5) is 5.95 Å². The Kier molecular flexibility index (Phi) is 5.01. The molecule has 148 valence electrons. The second-order valence-corrected chi connectivity index (χ2v) is 9.52. The van der Waals surface area contributed by atoms with E-state index in [2.05, 4.69) is 36.2 Å². The van der Waals surface area contributed by atoms with Crippen molar-refractivity contribution in [1.29, 1.82) is 0 Å². The maximum Gasteiger partial charge on any atom is 0.274 e. The molecule has 1 aliphatic heterocycles. The number of aromatic nitrogens is 3. The van der Waals surface area contributed by atoms with Crippen molar-refractivity contribution in [2.75, 3.05) is 11.9 Å². The Morgan fingerprint density at radius 3 is 2.90 bits per heavy atom. The van der Waals surface area contributed by atoms with Gasteiger partial charge in [0.25, 0.3) is 5.91 Å². The van der Waals surface area contributed by atoms with Crippen molar-refractivity contribution in [2.45, 2.75) is 24.9 Å². The highest BCUT2D eigenvalue weighted by Gasteiger charge is 2.54. The minimum atomic E-state index is -0.00486. The van der Waals surface area contributed by atoms with E-state index in [9.17, 15) is 4.79 Å². The number of rotatable bonds is 5. The molecule has 3 atom stereocenters. The lowest BCUT2D eigenvalue weighted by atomic mass is 10.1. The summed E-state index contributed by atoms with van der Waals surface area (Å²) in [6.07, 6.45) is 5.48. The second-order valence-electron chi connectivity index (χ2n) is 7.31. The average Bonchev–Trinajstić information content (AvgIpc) is 3.15. The lowest BCUT2D eigenvalue weighted by Gasteiger charge is -2.27. The fraction of sp³-hybridized carbons (Fsp3) is 0.300. The molecule has 0 spiro atoms. The first-order chi connectivity index (χ1) is 14.1. The number of likely N-dealkylation sites (tertiary alicyclic amines) is 1. The van der Waals surface area contributed by atoms with Crippen LogP contribution in [0.3, 0.4) is 0 Å². The molecular weight excluding hydrogens is 474 g/mol. The predicted octanol–water partition coefficient (Wildman–Crippen LogP) is 4.73. The van der Waals surface area contributed by atoms with Gasteiger partial charge in [-0.2, -0.15) is 0 Å². The molecule has 3 aromatic rings. The molecule has 1 amide bonds. The standard InChI is InChI=1S/C20H17BrClN5OS/c21-13-7-23-20(24-8-13)25-9-15-5-12-6-16(12)27(15)19(28)17-18(29-10-26-17)11-2-1-3-14(22)4-11/h1-4,7-8,10,12,15-16H,5-6,9H2,(H,23,24,25)/t12-,15+,16+/m1/s1. The molecule has 5 rings (SSSR count). The molecule has 9 heteroatoms. The van der Waals surface area contributed by atoms with Crippen molar-refractivity contribution < 1.29 is 4.79 Å². The zero-order chi connectivity index (χ0) is 20.0. The van der Waals surface area contributed by atoms with Gasteiger partial charge >= 0.3 is 0 Å². The van der Waals surface area contributed by atoms with Crippen LogP contribution in [-0.2, 0) is 0 Å². The lowest BCUT2D eigenvalue weighted by molar-refractivity contribution is 0.0704. The molecule has 2 fully saturated rings. The molecular formula is C20H17BrClN5OS. The molecule has 0 radical (unpaired) electrons. The largest absolute Gasteiger partial charge is 0.352 e. The molecule has 2 aliphatic rings. The van der Waals surface area contributed by atoms with Gasteiger partial charge in [-0.15, -0.1) is 11.3 Å². The molecule has 0 bridgehead atoms. The van der Waals surface area contributed by atoms with Crippen LogP contribution in [-0.4, -0.2) is 44.4 Å². The van der Waals surface area contributed by atoms with Crippen molar-refractivity contribution in [1.82, 2.24) is 19.9 Å². The highest BCUT2D eigenvalue weighted by atomic mass is 79.9. The quantitative estimate of drug-likeness (QED) is 0.560. The van der Waals surface area contributed by atoms with E-state index in [1.807, 2.05) is 29.2 Å². The van der Waals surface area contributed by atoms with Crippen molar-refractivity contribution in [3.63, 3.8) is 0 Å². The molecule has 1 N–H and O–H groups in total. The SMILES string of the molecule is O=C(c1ncsc1-c1cccc(Cl)c1)N1[C@H](CNc2ncc(Br)cn2)C[C@@H]2C[C@@H]21. The number of nitrogens with one attached hydrogen (secondary N) is 1. The molecule has 1 saturated heterocycles. The Hall–Kier alpha value is -2.03. The highest BCUT2D eigenvalue weighted by Crippen LogP contribution is 2.48. The van der Waals surface area contributed by atoms with Crippen LogP contribution in [0.1, 0.15) is 23.3 Å². The summed E-state index contributed by atoms with van der Waals surface area (Å²) in [7, 11) is 0. The van der Waals surface area contributed by atoms with Gasteiger partial charge in [-0.25, -0.2) is 15.0 Å². The van der Waals surface area contributed by atoms with Gasteiger partial charge in [0.15, 0.2) is 0 Å². The van der Waals surface area contributed by atoms with Gasteiger partial charge in [-0.05, 0) is 52.4 Å². The number of carbonyl (C=O) groups excluding carboxylic acids is 1. The summed E-state index contributed by atoms with van der Waals surface area (Å²) < 4.78 is 0.832. The number of anilines is 1. The average molecular weight is 491 g/mol. The molecule has 1 aromatic carbocycles. The number of amides is 1. The van der Waals surface area contributed by atoms with E-state index in [0.29, 0.717) is 35.2 Å². The summed E-state index contributed by atoms with van der Waals surface area (Å²) >= 11 is 11.0. The van der Waals surface area contributed by atoms with Crippen molar-refractivity contribution in [2.24, 2.45) is 5.92 Å². The minimum absolute atomic E-state index is 0.00486. The van der Waals surface area contributed by atoms with Crippen molar-refractivity contribution in [3.8, 4) is 10.4 Å². The Labute approximate surface area is 185 Å². The second kappa shape index (κ2) is 7.66. The number of hydrogen-bond donors (Lipinski definition) is 1. The first-order valence-electron chi connectivity index (χ1n) is 9.33. The summed E-state index contributed by atoms with van der Waals surface area (Å²) in [6, 6.07) is 7.98. The van der Waals surface area contributed by atoms with E-state index >= 15 is 0 Å². The Morgan fingerprint density at radius 1 is 1.28 bits per heavy atom. The van der Waals surface area contributed by atoms with Crippen LogP contribution in [0, 0.1) is 5.92 Å².